The molecule has 2 N–H and O–H groups in total. The van der Waals surface area contributed by atoms with Crippen LogP contribution in [0.4, 0.5) is 5.82 Å². The van der Waals surface area contributed by atoms with Gasteiger partial charge in [-0.1, -0.05) is 0 Å². The fraction of sp³-hybridized carbons (Fsp3) is 0.444. The van der Waals surface area contributed by atoms with E-state index in [1.807, 2.05) is 18.5 Å². The van der Waals surface area contributed by atoms with Crippen LogP contribution < -0.4 is 10.3 Å². The Labute approximate surface area is 82.5 Å². The van der Waals surface area contributed by atoms with E-state index in [9.17, 15) is 4.79 Å². The van der Waals surface area contributed by atoms with Crippen molar-refractivity contribution in [2.45, 2.75) is 20.5 Å². The van der Waals surface area contributed by atoms with Crippen LogP contribution >= 0.6 is 0 Å². The van der Waals surface area contributed by atoms with Crippen LogP contribution in [0.25, 0.3) is 0 Å². The van der Waals surface area contributed by atoms with E-state index in [1.54, 1.807) is 6.20 Å². The highest BCUT2D eigenvalue weighted by molar-refractivity contribution is 5.66. The summed E-state index contributed by atoms with van der Waals surface area (Å²) in [7, 11) is 1.86. The van der Waals surface area contributed by atoms with Crippen molar-refractivity contribution in [3.63, 3.8) is 0 Å². The van der Waals surface area contributed by atoms with Gasteiger partial charge >= 0.3 is 5.97 Å². The van der Waals surface area contributed by atoms with Gasteiger partial charge < -0.3 is 10.5 Å². The minimum atomic E-state index is -0.326. The normalized spacial score (nSPS) is 9.93. The third-order valence-corrected chi connectivity index (χ3v) is 1.90. The maximum absolute atomic E-state index is 10.6. The Kier molecular flexibility index (Phi) is 3.01. The number of hydrogen-bond donors (Lipinski definition) is 1. The molecule has 1 rings (SSSR count). The fourth-order valence-electron chi connectivity index (χ4n) is 1.01. The minimum absolute atomic E-state index is 0.169. The molecule has 1 aromatic heterocycles. The maximum atomic E-state index is 10.6. The van der Waals surface area contributed by atoms with Crippen LogP contribution in [0.2, 0.25) is 0 Å². The van der Waals surface area contributed by atoms with Crippen molar-refractivity contribution >= 4 is 11.8 Å². The zero-order valence-corrected chi connectivity index (χ0v) is 8.57. The molecule has 1 heterocycles. The van der Waals surface area contributed by atoms with Crippen molar-refractivity contribution < 1.29 is 14.1 Å². The van der Waals surface area contributed by atoms with Gasteiger partial charge in [-0.3, -0.25) is 4.79 Å². The number of esters is 1. The Morgan fingerprint density at radius 2 is 2.36 bits per heavy atom. The highest BCUT2D eigenvalue weighted by Gasteiger charge is 2.12. The summed E-state index contributed by atoms with van der Waals surface area (Å²) in [6.45, 7) is 3.38. The van der Waals surface area contributed by atoms with Crippen LogP contribution in [-0.4, -0.2) is 11.0 Å². The van der Waals surface area contributed by atoms with Gasteiger partial charge in [0.2, 0.25) is 5.82 Å². The second kappa shape index (κ2) is 4.04. The van der Waals surface area contributed by atoms with Gasteiger partial charge in [-0.25, -0.2) is 4.57 Å². The van der Waals surface area contributed by atoms with Gasteiger partial charge in [0, 0.05) is 13.8 Å². The van der Waals surface area contributed by atoms with Gasteiger partial charge in [0.1, 0.15) is 12.8 Å². The number of ether oxygens (including phenoxy) is 1. The summed E-state index contributed by atoms with van der Waals surface area (Å²) in [4.78, 5) is 14.7. The molecule has 0 atom stereocenters. The molecule has 14 heavy (non-hydrogen) atoms. The van der Waals surface area contributed by atoms with E-state index >= 15 is 0 Å². The topological polar surface area (TPSA) is 69.1 Å². The highest BCUT2D eigenvalue weighted by atomic mass is 16.5. The molecule has 0 amide bonds. The molecule has 0 aromatic carbocycles. The molecule has 0 fully saturated rings. The molecule has 5 heteroatoms. The lowest BCUT2D eigenvalue weighted by molar-refractivity contribution is -0.681. The summed E-state index contributed by atoms with van der Waals surface area (Å²) >= 11 is 0. The molecular formula is C9H14N3O2+. The number of carbonyl (C=O) groups is 1. The second-order valence-electron chi connectivity index (χ2n) is 3.09. The van der Waals surface area contributed by atoms with E-state index in [1.165, 1.54) is 6.92 Å². The third-order valence-electron chi connectivity index (χ3n) is 1.90. The molecule has 1 aromatic rings. The van der Waals surface area contributed by atoms with Gasteiger partial charge in [0.05, 0.1) is 12.6 Å². The number of anilines is 1. The Morgan fingerprint density at radius 1 is 1.71 bits per heavy atom. The Bertz CT molecular complexity index is 363. The van der Waals surface area contributed by atoms with Crippen molar-refractivity contribution in [2.24, 2.45) is 7.05 Å². The smallest absolute Gasteiger partial charge is 0.302 e. The summed E-state index contributed by atoms with van der Waals surface area (Å²) < 4.78 is 6.66. The van der Waals surface area contributed by atoms with E-state index in [2.05, 4.69) is 4.98 Å². The number of nitrogens with two attached hydrogens (primary N) is 1. The van der Waals surface area contributed by atoms with Crippen LogP contribution in [0, 0.1) is 6.92 Å². The summed E-state index contributed by atoms with van der Waals surface area (Å²) in [6, 6.07) is 0. The summed E-state index contributed by atoms with van der Waals surface area (Å²) in [6.07, 6.45) is 1.81. The lowest BCUT2D eigenvalue weighted by Gasteiger charge is -2.02. The summed E-state index contributed by atoms with van der Waals surface area (Å²) in [5.41, 5.74) is 6.38. The Morgan fingerprint density at radius 3 is 2.93 bits per heavy atom. The van der Waals surface area contributed by atoms with Gasteiger partial charge in [-0.2, -0.15) is 0 Å². The van der Waals surface area contributed by atoms with E-state index in [0.29, 0.717) is 11.4 Å². The van der Waals surface area contributed by atoms with Gasteiger partial charge in [0.25, 0.3) is 5.82 Å². The van der Waals surface area contributed by atoms with E-state index in [4.69, 9.17) is 10.5 Å². The van der Waals surface area contributed by atoms with Crippen molar-refractivity contribution in [3.8, 4) is 0 Å². The number of hydrogen-bond acceptors (Lipinski definition) is 4. The molecule has 0 aliphatic rings. The second-order valence-corrected chi connectivity index (χ2v) is 3.09. The summed E-state index contributed by atoms with van der Waals surface area (Å²) in [5, 5.41) is 0. The Hall–Kier alpha value is -1.65. The van der Waals surface area contributed by atoms with Crippen molar-refractivity contribution in [3.05, 3.63) is 17.6 Å². The van der Waals surface area contributed by atoms with E-state index < -0.39 is 0 Å². The zero-order chi connectivity index (χ0) is 10.7. The van der Waals surface area contributed by atoms with Gasteiger partial charge in [-0.15, -0.1) is 0 Å². The minimum Gasteiger partial charge on any atom is -0.461 e. The molecule has 0 saturated heterocycles. The van der Waals surface area contributed by atoms with Crippen LogP contribution in [0.3, 0.4) is 0 Å². The molecule has 0 unspecified atom stereocenters. The first-order valence-corrected chi connectivity index (χ1v) is 4.25. The van der Waals surface area contributed by atoms with E-state index in [-0.39, 0.29) is 12.6 Å². The Balaban J connectivity index is 2.87. The predicted molar refractivity (Wildman–Crippen MR) is 50.0 cm³/mol. The van der Waals surface area contributed by atoms with E-state index in [0.717, 1.165) is 5.82 Å². The van der Waals surface area contributed by atoms with Crippen LogP contribution in [0.1, 0.15) is 18.3 Å². The summed E-state index contributed by atoms with van der Waals surface area (Å²) in [5.74, 6) is 0.892. The predicted octanol–water partition coefficient (Wildman–Crippen LogP) is -0.140. The molecule has 0 aliphatic heterocycles. The first-order chi connectivity index (χ1) is 6.50. The van der Waals surface area contributed by atoms with Crippen LogP contribution in [0.15, 0.2) is 6.20 Å². The monoisotopic (exact) mass is 196 g/mol. The quantitative estimate of drug-likeness (QED) is 0.528. The largest absolute Gasteiger partial charge is 0.461 e. The molecule has 0 radical (unpaired) electrons. The zero-order valence-electron chi connectivity index (χ0n) is 8.57. The maximum Gasteiger partial charge on any atom is 0.302 e. The van der Waals surface area contributed by atoms with Crippen molar-refractivity contribution in [1.29, 1.82) is 0 Å². The average molecular weight is 196 g/mol. The van der Waals surface area contributed by atoms with Gasteiger partial charge in [-0.05, 0) is 4.98 Å². The average Bonchev–Trinajstić information content (AvgIpc) is 2.09. The standard InChI is InChI=1S/C9H13N3O2/c1-6-11-9(10)8(4-12(6)3)5-14-7(2)13/h4,10H,5H2,1-3H3/p+1. The molecule has 0 spiro atoms. The molecule has 0 saturated carbocycles. The number of nitrogens with zero attached hydrogens (tertiary/aromatic N) is 2. The number of nitrogen functional groups attached to an aromatic ring is 1. The first-order valence-electron chi connectivity index (χ1n) is 4.25. The molecule has 76 valence electrons. The van der Waals surface area contributed by atoms with Crippen LogP contribution in [0.5, 0.6) is 0 Å². The van der Waals surface area contributed by atoms with Crippen molar-refractivity contribution in [1.82, 2.24) is 4.98 Å². The fourth-order valence-corrected chi connectivity index (χ4v) is 1.01. The lowest BCUT2D eigenvalue weighted by Crippen LogP contribution is -2.34. The van der Waals surface area contributed by atoms with Gasteiger partial charge in [0.15, 0.2) is 0 Å². The molecule has 0 bridgehead atoms. The number of aromatic nitrogens is 2. The number of aryl methyl sites for hydroxylation is 2. The third kappa shape index (κ3) is 2.42. The SMILES string of the molecule is CC(=O)OCc1c[n+](C)c(C)nc1N. The number of rotatable bonds is 2. The molecular weight excluding hydrogens is 182 g/mol. The number of carbonyl (C=O) groups excluding carboxylic acids is 1. The molecule has 5 nitrogen and oxygen atoms in total. The van der Waals surface area contributed by atoms with Crippen molar-refractivity contribution in [2.75, 3.05) is 5.73 Å². The van der Waals surface area contributed by atoms with Crippen LogP contribution in [-0.2, 0) is 23.2 Å². The first kappa shape index (κ1) is 10.4. The molecule has 0 aliphatic carbocycles. The lowest BCUT2D eigenvalue weighted by atomic mass is 10.3. The highest BCUT2D eigenvalue weighted by Crippen LogP contribution is 2.07.